The van der Waals surface area contributed by atoms with Crippen molar-refractivity contribution in [1.82, 2.24) is 9.97 Å². The third kappa shape index (κ3) is 4.96. The molecular weight excluding hydrogens is 447 g/mol. The van der Waals surface area contributed by atoms with E-state index in [1.165, 1.54) is 13.5 Å². The quantitative estimate of drug-likeness (QED) is 0.372. The second-order valence-corrected chi connectivity index (χ2v) is 8.55. The van der Waals surface area contributed by atoms with Crippen molar-refractivity contribution in [1.29, 1.82) is 0 Å². The van der Waals surface area contributed by atoms with Crippen molar-refractivity contribution in [3.63, 3.8) is 0 Å². The van der Waals surface area contributed by atoms with Crippen LogP contribution in [0.3, 0.4) is 0 Å². The van der Waals surface area contributed by atoms with Crippen LogP contribution < -0.4 is 0 Å². The molecule has 0 saturated heterocycles. The van der Waals surface area contributed by atoms with Crippen molar-refractivity contribution in [3.05, 3.63) is 70.0 Å². The van der Waals surface area contributed by atoms with E-state index in [-0.39, 0.29) is 18.4 Å². The Bertz CT molecular complexity index is 1110. The van der Waals surface area contributed by atoms with Gasteiger partial charge in [-0.25, -0.2) is 14.8 Å². The third-order valence-electron chi connectivity index (χ3n) is 5.61. The lowest BCUT2D eigenvalue weighted by Crippen LogP contribution is -2.19. The van der Waals surface area contributed by atoms with Crippen LogP contribution in [0.15, 0.2) is 48.5 Å². The molecule has 3 aromatic rings. The molecule has 0 N–H and O–H groups in total. The Kier molecular flexibility index (Phi) is 7.40. The topological polar surface area (TPSA) is 61.3 Å². The Labute approximate surface area is 197 Å². The van der Waals surface area contributed by atoms with Gasteiger partial charge in [-0.2, -0.15) is 0 Å². The fourth-order valence-corrected chi connectivity index (χ4v) is 4.39. The number of carbonyl (C=O) groups excluding carboxylic acids is 1. The van der Waals surface area contributed by atoms with E-state index < -0.39 is 5.97 Å². The minimum absolute atomic E-state index is 0.119. The van der Waals surface area contributed by atoms with Crippen molar-refractivity contribution in [2.24, 2.45) is 0 Å². The maximum absolute atomic E-state index is 12.6. The van der Waals surface area contributed by atoms with Gasteiger partial charge >= 0.3 is 5.97 Å². The highest BCUT2D eigenvalue weighted by Gasteiger charge is 2.25. The maximum Gasteiger partial charge on any atom is 0.358 e. The summed E-state index contributed by atoms with van der Waals surface area (Å²) in [6, 6.07) is 14.7. The van der Waals surface area contributed by atoms with E-state index in [1.54, 1.807) is 12.1 Å². The van der Waals surface area contributed by atoms with Gasteiger partial charge < -0.3 is 9.47 Å². The molecule has 1 heterocycles. The van der Waals surface area contributed by atoms with Crippen LogP contribution in [0, 0.1) is 0 Å². The van der Waals surface area contributed by atoms with Gasteiger partial charge in [0.05, 0.1) is 41.3 Å². The van der Waals surface area contributed by atoms with Crippen LogP contribution in [0.25, 0.3) is 22.5 Å². The molecule has 0 unspecified atom stereocenters. The van der Waals surface area contributed by atoms with E-state index in [2.05, 4.69) is 0 Å². The fourth-order valence-electron chi connectivity index (χ4n) is 3.94. The lowest BCUT2D eigenvalue weighted by Gasteiger charge is -2.22. The standard InChI is InChI=1S/C25H24Cl2N2O3/c1-31-25(30)24-21(15-32-16-9-3-2-4-10-16)28-22(17-11-5-7-13-19(17)26)23(29-24)18-12-6-8-14-20(18)27/h5-8,11-14,16H,2-4,9-10,15H2,1H3. The molecule has 0 bridgehead atoms. The number of benzene rings is 2. The highest BCUT2D eigenvalue weighted by Crippen LogP contribution is 2.37. The van der Waals surface area contributed by atoms with E-state index in [4.69, 9.17) is 42.6 Å². The van der Waals surface area contributed by atoms with Gasteiger partial charge in [0.25, 0.3) is 0 Å². The molecular formula is C25H24Cl2N2O3. The van der Waals surface area contributed by atoms with Crippen LogP contribution in [0.1, 0.15) is 48.3 Å². The fraction of sp³-hybridized carbons (Fsp3) is 0.320. The van der Waals surface area contributed by atoms with Crippen LogP contribution in [-0.4, -0.2) is 29.2 Å². The Morgan fingerprint density at radius 1 is 0.906 bits per heavy atom. The number of methoxy groups -OCH3 is 1. The summed E-state index contributed by atoms with van der Waals surface area (Å²) in [4.78, 5) is 22.2. The number of rotatable bonds is 6. The zero-order valence-electron chi connectivity index (χ0n) is 17.8. The van der Waals surface area contributed by atoms with Gasteiger partial charge in [-0.05, 0) is 25.0 Å². The van der Waals surface area contributed by atoms with E-state index in [1.807, 2.05) is 36.4 Å². The Morgan fingerprint density at radius 3 is 2.03 bits per heavy atom. The van der Waals surface area contributed by atoms with Crippen LogP contribution in [0.4, 0.5) is 0 Å². The first-order valence-electron chi connectivity index (χ1n) is 10.7. The number of ether oxygens (including phenoxy) is 2. The minimum Gasteiger partial charge on any atom is -0.464 e. The zero-order chi connectivity index (χ0) is 22.5. The second kappa shape index (κ2) is 10.4. The minimum atomic E-state index is -0.571. The number of nitrogens with zero attached hydrogens (tertiary/aromatic N) is 2. The molecule has 0 aliphatic heterocycles. The molecule has 0 spiro atoms. The van der Waals surface area contributed by atoms with E-state index in [0.29, 0.717) is 38.3 Å². The number of carbonyl (C=O) groups is 1. The number of hydrogen-bond acceptors (Lipinski definition) is 5. The molecule has 1 aromatic heterocycles. The van der Waals surface area contributed by atoms with E-state index in [0.717, 1.165) is 25.7 Å². The first-order chi connectivity index (χ1) is 15.6. The molecule has 1 saturated carbocycles. The predicted molar refractivity (Wildman–Crippen MR) is 126 cm³/mol. The lowest BCUT2D eigenvalue weighted by atomic mass is 9.98. The van der Waals surface area contributed by atoms with Crippen LogP contribution >= 0.6 is 23.2 Å². The normalized spacial score (nSPS) is 14.3. The summed E-state index contributed by atoms with van der Waals surface area (Å²) in [5.41, 5.74) is 2.90. The first-order valence-corrected chi connectivity index (χ1v) is 11.4. The third-order valence-corrected chi connectivity index (χ3v) is 6.27. The van der Waals surface area contributed by atoms with Crippen LogP contribution in [0.5, 0.6) is 0 Å². The number of halogens is 2. The summed E-state index contributed by atoms with van der Waals surface area (Å²) in [6.45, 7) is 0.169. The number of aromatic nitrogens is 2. The van der Waals surface area contributed by atoms with Gasteiger partial charge in [0, 0.05) is 11.1 Å². The molecule has 7 heteroatoms. The lowest BCUT2D eigenvalue weighted by molar-refractivity contribution is 0.0142. The van der Waals surface area contributed by atoms with Crippen molar-refractivity contribution in [2.45, 2.75) is 44.8 Å². The highest BCUT2D eigenvalue weighted by molar-refractivity contribution is 6.34. The molecule has 32 heavy (non-hydrogen) atoms. The van der Waals surface area contributed by atoms with Crippen LogP contribution in [-0.2, 0) is 16.1 Å². The Morgan fingerprint density at radius 2 is 1.47 bits per heavy atom. The summed E-state index contributed by atoms with van der Waals surface area (Å²) in [6.07, 6.45) is 5.71. The summed E-state index contributed by atoms with van der Waals surface area (Å²) in [7, 11) is 1.33. The summed E-state index contributed by atoms with van der Waals surface area (Å²) >= 11 is 13.0. The van der Waals surface area contributed by atoms with Crippen LogP contribution in [0.2, 0.25) is 10.0 Å². The largest absolute Gasteiger partial charge is 0.464 e. The predicted octanol–water partition coefficient (Wildman–Crippen LogP) is 6.75. The van der Waals surface area contributed by atoms with Gasteiger partial charge in [0.2, 0.25) is 0 Å². The molecule has 2 aromatic carbocycles. The maximum atomic E-state index is 12.6. The van der Waals surface area contributed by atoms with Gasteiger partial charge in [-0.1, -0.05) is 78.9 Å². The molecule has 1 aliphatic rings. The molecule has 1 aliphatic carbocycles. The monoisotopic (exact) mass is 470 g/mol. The van der Waals surface area contributed by atoms with E-state index in [9.17, 15) is 4.79 Å². The first kappa shape index (κ1) is 22.7. The number of esters is 1. The summed E-state index contributed by atoms with van der Waals surface area (Å²) < 4.78 is 11.1. The van der Waals surface area contributed by atoms with Gasteiger partial charge in [0.1, 0.15) is 5.69 Å². The van der Waals surface area contributed by atoms with Crippen molar-refractivity contribution in [2.75, 3.05) is 7.11 Å². The zero-order valence-corrected chi connectivity index (χ0v) is 19.3. The molecule has 0 amide bonds. The molecule has 5 nitrogen and oxygen atoms in total. The second-order valence-electron chi connectivity index (χ2n) is 7.74. The molecule has 0 atom stereocenters. The number of hydrogen-bond donors (Lipinski definition) is 0. The molecule has 4 rings (SSSR count). The Hall–Kier alpha value is -2.47. The summed E-state index contributed by atoms with van der Waals surface area (Å²) in [5.74, 6) is -0.571. The van der Waals surface area contributed by atoms with Gasteiger partial charge in [-0.15, -0.1) is 0 Å². The molecule has 166 valence electrons. The average molecular weight is 471 g/mol. The van der Waals surface area contributed by atoms with Crippen molar-refractivity contribution >= 4 is 29.2 Å². The SMILES string of the molecule is COC(=O)c1nc(-c2ccccc2Cl)c(-c2ccccc2Cl)nc1COC1CCCCC1. The smallest absolute Gasteiger partial charge is 0.358 e. The molecule has 0 radical (unpaired) electrons. The average Bonchev–Trinajstić information content (AvgIpc) is 2.83. The highest BCUT2D eigenvalue weighted by atomic mass is 35.5. The van der Waals surface area contributed by atoms with Crippen molar-refractivity contribution in [3.8, 4) is 22.5 Å². The summed E-state index contributed by atoms with van der Waals surface area (Å²) in [5, 5.41) is 1.03. The van der Waals surface area contributed by atoms with Gasteiger partial charge in [0.15, 0.2) is 5.69 Å². The van der Waals surface area contributed by atoms with Gasteiger partial charge in [-0.3, -0.25) is 0 Å². The van der Waals surface area contributed by atoms with Crippen molar-refractivity contribution < 1.29 is 14.3 Å². The van der Waals surface area contributed by atoms with E-state index >= 15 is 0 Å². The molecule has 1 fully saturated rings. The Balaban J connectivity index is 1.86.